The Morgan fingerprint density at radius 1 is 1.50 bits per heavy atom. The molecule has 0 aliphatic heterocycles. The van der Waals surface area contributed by atoms with Crippen molar-refractivity contribution in [3.05, 3.63) is 34.1 Å². The van der Waals surface area contributed by atoms with E-state index in [0.717, 1.165) is 18.4 Å². The van der Waals surface area contributed by atoms with Crippen molar-refractivity contribution in [2.45, 2.75) is 25.8 Å². The summed E-state index contributed by atoms with van der Waals surface area (Å²) in [6.07, 6.45) is 2.18. The zero-order valence-corrected chi connectivity index (χ0v) is 8.81. The standard InChI is InChI=1S/C11H13ClFN/c1-6-2-5-8(13)9(10(6)12)11(14)7-3-4-7/h2,5,7,11H,3-4,14H2,1H3/t11-/m0/s1. The smallest absolute Gasteiger partial charge is 0.129 e. The summed E-state index contributed by atoms with van der Waals surface area (Å²) in [5.41, 5.74) is 7.33. The topological polar surface area (TPSA) is 26.0 Å². The average Bonchev–Trinajstić information content (AvgIpc) is 2.95. The Kier molecular flexibility index (Phi) is 2.50. The van der Waals surface area contributed by atoms with Gasteiger partial charge in [0, 0.05) is 11.6 Å². The van der Waals surface area contributed by atoms with Crippen LogP contribution in [-0.4, -0.2) is 0 Å². The number of nitrogens with two attached hydrogens (primary N) is 1. The molecule has 76 valence electrons. The molecule has 0 aromatic heterocycles. The molecule has 2 N–H and O–H groups in total. The molecule has 1 aliphatic rings. The van der Waals surface area contributed by atoms with Gasteiger partial charge < -0.3 is 5.73 Å². The number of aryl methyl sites for hydroxylation is 1. The fourth-order valence-electron chi connectivity index (χ4n) is 1.67. The lowest BCUT2D eigenvalue weighted by molar-refractivity contribution is 0.553. The van der Waals surface area contributed by atoms with E-state index in [9.17, 15) is 4.39 Å². The van der Waals surface area contributed by atoms with Crippen molar-refractivity contribution in [2.24, 2.45) is 11.7 Å². The van der Waals surface area contributed by atoms with Crippen molar-refractivity contribution in [1.82, 2.24) is 0 Å². The van der Waals surface area contributed by atoms with Crippen molar-refractivity contribution in [3.8, 4) is 0 Å². The SMILES string of the molecule is Cc1ccc(F)c([C@@H](N)C2CC2)c1Cl. The van der Waals surface area contributed by atoms with E-state index in [0.29, 0.717) is 16.5 Å². The first kappa shape index (κ1) is 9.94. The van der Waals surface area contributed by atoms with Gasteiger partial charge in [-0.25, -0.2) is 4.39 Å². The molecule has 1 atom stereocenters. The molecule has 1 aliphatic carbocycles. The fraction of sp³-hybridized carbons (Fsp3) is 0.455. The molecule has 1 aromatic rings. The van der Waals surface area contributed by atoms with Crippen molar-refractivity contribution in [3.63, 3.8) is 0 Å². The van der Waals surface area contributed by atoms with E-state index in [1.807, 2.05) is 6.92 Å². The maximum Gasteiger partial charge on any atom is 0.129 e. The highest BCUT2D eigenvalue weighted by Crippen LogP contribution is 2.42. The molecule has 3 heteroatoms. The minimum Gasteiger partial charge on any atom is -0.324 e. The van der Waals surface area contributed by atoms with Crippen LogP contribution in [0.1, 0.15) is 30.0 Å². The Labute approximate surface area is 88.1 Å². The molecule has 0 bridgehead atoms. The predicted octanol–water partition coefficient (Wildman–Crippen LogP) is 3.20. The Balaban J connectivity index is 2.43. The minimum absolute atomic E-state index is 0.234. The quantitative estimate of drug-likeness (QED) is 0.802. The summed E-state index contributed by atoms with van der Waals surface area (Å²) in [7, 11) is 0. The molecule has 1 fully saturated rings. The van der Waals surface area contributed by atoms with Gasteiger partial charge in [0.25, 0.3) is 0 Å². The van der Waals surface area contributed by atoms with Gasteiger partial charge in [0.15, 0.2) is 0 Å². The van der Waals surface area contributed by atoms with Crippen molar-refractivity contribution >= 4 is 11.6 Å². The molecular weight excluding hydrogens is 201 g/mol. The number of halogens is 2. The van der Waals surface area contributed by atoms with Gasteiger partial charge in [-0.2, -0.15) is 0 Å². The predicted molar refractivity (Wildman–Crippen MR) is 55.8 cm³/mol. The summed E-state index contributed by atoms with van der Waals surface area (Å²) in [6.45, 7) is 1.87. The molecule has 1 saturated carbocycles. The highest BCUT2D eigenvalue weighted by molar-refractivity contribution is 6.32. The van der Waals surface area contributed by atoms with Crippen LogP contribution in [0.4, 0.5) is 4.39 Å². The molecule has 0 heterocycles. The number of rotatable bonds is 2. The van der Waals surface area contributed by atoms with E-state index in [-0.39, 0.29) is 11.9 Å². The Morgan fingerprint density at radius 2 is 2.14 bits per heavy atom. The monoisotopic (exact) mass is 213 g/mol. The van der Waals surface area contributed by atoms with Crippen LogP contribution in [0.25, 0.3) is 0 Å². The number of hydrogen-bond donors (Lipinski definition) is 1. The highest BCUT2D eigenvalue weighted by Gasteiger charge is 2.32. The highest BCUT2D eigenvalue weighted by atomic mass is 35.5. The van der Waals surface area contributed by atoms with Gasteiger partial charge in [-0.05, 0) is 37.3 Å². The van der Waals surface area contributed by atoms with Crippen LogP contribution in [0, 0.1) is 18.7 Å². The van der Waals surface area contributed by atoms with Crippen LogP contribution in [0.2, 0.25) is 5.02 Å². The molecule has 0 saturated heterocycles. The zero-order valence-electron chi connectivity index (χ0n) is 8.06. The van der Waals surface area contributed by atoms with Gasteiger partial charge in [-0.1, -0.05) is 17.7 Å². The second-order valence-electron chi connectivity index (χ2n) is 3.96. The third-order valence-electron chi connectivity index (χ3n) is 2.78. The lowest BCUT2D eigenvalue weighted by atomic mass is 10.0. The molecule has 0 spiro atoms. The van der Waals surface area contributed by atoms with Crippen LogP contribution < -0.4 is 5.73 Å². The molecule has 0 amide bonds. The Hall–Kier alpha value is -0.600. The van der Waals surface area contributed by atoms with E-state index in [1.54, 1.807) is 6.07 Å². The van der Waals surface area contributed by atoms with Crippen LogP contribution in [0.15, 0.2) is 12.1 Å². The van der Waals surface area contributed by atoms with Gasteiger partial charge in [0.2, 0.25) is 0 Å². The van der Waals surface area contributed by atoms with Crippen LogP contribution in [0.3, 0.4) is 0 Å². The summed E-state index contributed by atoms with van der Waals surface area (Å²) in [6, 6.07) is 2.89. The largest absolute Gasteiger partial charge is 0.324 e. The summed E-state index contributed by atoms with van der Waals surface area (Å²) in [5, 5.41) is 0.490. The number of hydrogen-bond acceptors (Lipinski definition) is 1. The molecule has 1 aromatic carbocycles. The van der Waals surface area contributed by atoms with Gasteiger partial charge in [-0.3, -0.25) is 0 Å². The third kappa shape index (κ3) is 1.64. The van der Waals surface area contributed by atoms with Crippen molar-refractivity contribution < 1.29 is 4.39 Å². The first-order valence-corrected chi connectivity index (χ1v) is 5.19. The maximum atomic E-state index is 13.5. The molecule has 2 rings (SSSR count). The Bertz CT molecular complexity index is 361. The first-order valence-electron chi connectivity index (χ1n) is 4.81. The van der Waals surface area contributed by atoms with E-state index in [4.69, 9.17) is 17.3 Å². The minimum atomic E-state index is -0.278. The zero-order chi connectivity index (χ0) is 10.3. The molecule has 0 radical (unpaired) electrons. The van der Waals surface area contributed by atoms with Crippen molar-refractivity contribution in [2.75, 3.05) is 0 Å². The van der Waals surface area contributed by atoms with Crippen molar-refractivity contribution in [1.29, 1.82) is 0 Å². The maximum absolute atomic E-state index is 13.5. The number of benzene rings is 1. The van der Waals surface area contributed by atoms with Gasteiger partial charge in [0.05, 0.1) is 5.02 Å². The summed E-state index contributed by atoms with van der Waals surface area (Å²) in [5.74, 6) is 0.142. The molecular formula is C11H13ClFN. The molecule has 1 nitrogen and oxygen atoms in total. The van der Waals surface area contributed by atoms with E-state index in [1.165, 1.54) is 6.07 Å². The van der Waals surface area contributed by atoms with Gasteiger partial charge >= 0.3 is 0 Å². The summed E-state index contributed by atoms with van der Waals surface area (Å²) in [4.78, 5) is 0. The first-order chi connectivity index (χ1) is 6.61. The van der Waals surface area contributed by atoms with Crippen LogP contribution in [-0.2, 0) is 0 Å². The van der Waals surface area contributed by atoms with Gasteiger partial charge in [-0.15, -0.1) is 0 Å². The molecule has 14 heavy (non-hydrogen) atoms. The average molecular weight is 214 g/mol. The normalized spacial score (nSPS) is 18.3. The second-order valence-corrected chi connectivity index (χ2v) is 4.33. The second kappa shape index (κ2) is 3.52. The lowest BCUT2D eigenvalue weighted by Crippen LogP contribution is -2.15. The fourth-order valence-corrected chi connectivity index (χ4v) is 1.95. The molecule has 0 unspecified atom stereocenters. The lowest BCUT2D eigenvalue weighted by Gasteiger charge is -2.15. The van der Waals surface area contributed by atoms with E-state index >= 15 is 0 Å². The van der Waals surface area contributed by atoms with Crippen LogP contribution >= 0.6 is 11.6 Å². The third-order valence-corrected chi connectivity index (χ3v) is 3.28. The van der Waals surface area contributed by atoms with Gasteiger partial charge in [0.1, 0.15) is 5.82 Å². The summed E-state index contributed by atoms with van der Waals surface area (Å²) >= 11 is 6.05. The Morgan fingerprint density at radius 3 is 2.71 bits per heavy atom. The van der Waals surface area contributed by atoms with E-state index in [2.05, 4.69) is 0 Å². The van der Waals surface area contributed by atoms with E-state index < -0.39 is 0 Å². The summed E-state index contributed by atoms with van der Waals surface area (Å²) < 4.78 is 13.5. The van der Waals surface area contributed by atoms with Crippen LogP contribution in [0.5, 0.6) is 0 Å².